The zero-order valence-electron chi connectivity index (χ0n) is 11.2. The van der Waals surface area contributed by atoms with E-state index in [0.717, 1.165) is 18.9 Å². The van der Waals surface area contributed by atoms with Crippen molar-refractivity contribution in [3.63, 3.8) is 0 Å². The lowest BCUT2D eigenvalue weighted by molar-refractivity contribution is -0.00649. The molecule has 0 aromatic heterocycles. The lowest BCUT2D eigenvalue weighted by Crippen LogP contribution is -2.40. The summed E-state index contributed by atoms with van der Waals surface area (Å²) in [6, 6.07) is 0. The third kappa shape index (κ3) is 3.87. The molecule has 1 unspecified atom stereocenters. The molecule has 100 valence electrons. The van der Waals surface area contributed by atoms with Gasteiger partial charge in [0.1, 0.15) is 0 Å². The van der Waals surface area contributed by atoms with Gasteiger partial charge < -0.3 is 9.64 Å². The Morgan fingerprint density at radius 2 is 2.00 bits per heavy atom. The molecule has 1 aliphatic carbocycles. The molecule has 0 radical (unpaired) electrons. The van der Waals surface area contributed by atoms with Crippen LogP contribution in [0.5, 0.6) is 0 Å². The van der Waals surface area contributed by atoms with Gasteiger partial charge in [0.15, 0.2) is 0 Å². The zero-order chi connectivity index (χ0) is 12.1. The number of nitrogens with zero attached hydrogens (tertiary/aromatic N) is 1. The van der Waals surface area contributed by atoms with Crippen molar-refractivity contribution < 1.29 is 4.74 Å². The van der Waals surface area contributed by atoms with Crippen LogP contribution in [0.15, 0.2) is 0 Å². The Bertz CT molecular complexity index is 222. The summed E-state index contributed by atoms with van der Waals surface area (Å²) >= 11 is 4.58. The topological polar surface area (TPSA) is 12.5 Å². The highest BCUT2D eigenvalue weighted by atomic mass is 32.1. The average Bonchev–Trinajstić information content (AvgIpc) is 2.79. The van der Waals surface area contributed by atoms with Crippen LogP contribution in [0.2, 0.25) is 0 Å². The fourth-order valence-corrected chi connectivity index (χ4v) is 3.84. The van der Waals surface area contributed by atoms with Crippen LogP contribution < -0.4 is 0 Å². The fraction of sp³-hybridized carbons (Fsp3) is 1.00. The monoisotopic (exact) mass is 257 g/mol. The predicted octanol–water partition coefficient (Wildman–Crippen LogP) is 2.98. The highest BCUT2D eigenvalue weighted by Gasteiger charge is 2.33. The number of likely N-dealkylation sites (N-methyl/N-ethyl adjacent to an activating group) is 1. The van der Waals surface area contributed by atoms with E-state index in [9.17, 15) is 0 Å². The first-order valence-electron chi connectivity index (χ1n) is 7.15. The van der Waals surface area contributed by atoms with E-state index < -0.39 is 0 Å². The van der Waals surface area contributed by atoms with E-state index in [1.807, 2.05) is 0 Å². The van der Waals surface area contributed by atoms with Crippen molar-refractivity contribution in [2.75, 3.05) is 32.5 Å². The van der Waals surface area contributed by atoms with Gasteiger partial charge in [-0.1, -0.05) is 12.8 Å². The first kappa shape index (κ1) is 13.7. The lowest BCUT2D eigenvalue weighted by atomic mass is 9.88. The highest BCUT2D eigenvalue weighted by Crippen LogP contribution is 2.39. The summed E-state index contributed by atoms with van der Waals surface area (Å²) in [5, 5.41) is 0. The van der Waals surface area contributed by atoms with Crippen LogP contribution in [0.3, 0.4) is 0 Å². The predicted molar refractivity (Wildman–Crippen MR) is 75.8 cm³/mol. The second kappa shape index (κ2) is 6.44. The van der Waals surface area contributed by atoms with Gasteiger partial charge in [0, 0.05) is 19.7 Å². The van der Waals surface area contributed by atoms with Crippen LogP contribution in [0, 0.1) is 5.41 Å². The van der Waals surface area contributed by atoms with Gasteiger partial charge in [-0.25, -0.2) is 0 Å². The largest absolute Gasteiger partial charge is 0.377 e. The van der Waals surface area contributed by atoms with Crippen molar-refractivity contribution in [1.82, 2.24) is 4.90 Å². The molecule has 1 saturated carbocycles. The number of hydrogen-bond donors (Lipinski definition) is 1. The summed E-state index contributed by atoms with van der Waals surface area (Å²) in [6.45, 7) is 3.28. The summed E-state index contributed by atoms with van der Waals surface area (Å²) in [4.78, 5) is 2.48. The number of hydrogen-bond acceptors (Lipinski definition) is 3. The van der Waals surface area contributed by atoms with Crippen LogP contribution in [-0.2, 0) is 4.74 Å². The van der Waals surface area contributed by atoms with E-state index in [1.165, 1.54) is 51.5 Å². The molecule has 1 saturated heterocycles. The maximum Gasteiger partial charge on any atom is 0.0701 e. The van der Waals surface area contributed by atoms with Crippen molar-refractivity contribution in [3.8, 4) is 0 Å². The highest BCUT2D eigenvalue weighted by molar-refractivity contribution is 7.80. The third-order valence-electron chi connectivity index (χ3n) is 4.39. The molecule has 2 nitrogen and oxygen atoms in total. The van der Waals surface area contributed by atoms with Crippen LogP contribution in [0.4, 0.5) is 0 Å². The molecule has 1 aliphatic heterocycles. The minimum absolute atomic E-state index is 0.479. The number of rotatable bonds is 5. The van der Waals surface area contributed by atoms with Crippen molar-refractivity contribution in [1.29, 1.82) is 0 Å². The van der Waals surface area contributed by atoms with Gasteiger partial charge in [-0.05, 0) is 50.3 Å². The molecule has 2 fully saturated rings. The minimum Gasteiger partial charge on any atom is -0.377 e. The Morgan fingerprint density at radius 3 is 2.59 bits per heavy atom. The summed E-state index contributed by atoms with van der Waals surface area (Å²) in [5.74, 6) is 1.04. The molecular formula is C14H27NOS. The summed E-state index contributed by atoms with van der Waals surface area (Å²) in [5.41, 5.74) is 0.493. The van der Waals surface area contributed by atoms with Gasteiger partial charge in [-0.15, -0.1) is 0 Å². The van der Waals surface area contributed by atoms with Gasteiger partial charge in [-0.2, -0.15) is 12.6 Å². The van der Waals surface area contributed by atoms with Gasteiger partial charge in [0.2, 0.25) is 0 Å². The van der Waals surface area contributed by atoms with Crippen molar-refractivity contribution >= 4 is 12.6 Å². The Labute approximate surface area is 112 Å². The maximum absolute atomic E-state index is 5.82. The first-order chi connectivity index (χ1) is 8.24. The number of thiol groups is 1. The van der Waals surface area contributed by atoms with E-state index in [1.54, 1.807) is 0 Å². The smallest absolute Gasteiger partial charge is 0.0701 e. The fourth-order valence-electron chi connectivity index (χ4n) is 3.43. The Morgan fingerprint density at radius 1 is 1.24 bits per heavy atom. The van der Waals surface area contributed by atoms with E-state index >= 15 is 0 Å². The van der Waals surface area contributed by atoms with Gasteiger partial charge in [0.05, 0.1) is 6.10 Å². The summed E-state index contributed by atoms with van der Waals surface area (Å²) in [6.07, 6.45) is 9.85. The van der Waals surface area contributed by atoms with Crippen molar-refractivity contribution in [2.45, 2.75) is 51.0 Å². The van der Waals surface area contributed by atoms with Gasteiger partial charge in [0.25, 0.3) is 0 Å². The maximum atomic E-state index is 5.82. The molecular weight excluding hydrogens is 230 g/mol. The van der Waals surface area contributed by atoms with E-state index in [2.05, 4.69) is 24.6 Å². The molecule has 1 atom stereocenters. The molecule has 0 N–H and O–H groups in total. The molecule has 0 amide bonds. The van der Waals surface area contributed by atoms with Gasteiger partial charge in [-0.3, -0.25) is 0 Å². The SMILES string of the molecule is CN(CC1CCCCO1)CC1(CS)CCCC1. The molecule has 2 aliphatic rings. The van der Waals surface area contributed by atoms with E-state index in [4.69, 9.17) is 4.74 Å². The summed E-state index contributed by atoms with van der Waals surface area (Å²) < 4.78 is 5.82. The van der Waals surface area contributed by atoms with E-state index in [0.29, 0.717) is 11.5 Å². The Kier molecular flexibility index (Phi) is 5.19. The van der Waals surface area contributed by atoms with Crippen LogP contribution in [0.1, 0.15) is 44.9 Å². The molecule has 0 aromatic carbocycles. The molecule has 3 heteroatoms. The number of ether oxygens (including phenoxy) is 1. The average molecular weight is 257 g/mol. The first-order valence-corrected chi connectivity index (χ1v) is 7.78. The van der Waals surface area contributed by atoms with Gasteiger partial charge >= 0.3 is 0 Å². The van der Waals surface area contributed by atoms with E-state index in [-0.39, 0.29) is 0 Å². The molecule has 0 spiro atoms. The minimum atomic E-state index is 0.479. The van der Waals surface area contributed by atoms with Crippen molar-refractivity contribution in [2.24, 2.45) is 5.41 Å². The van der Waals surface area contributed by atoms with Crippen LogP contribution in [-0.4, -0.2) is 43.5 Å². The molecule has 0 aromatic rings. The van der Waals surface area contributed by atoms with Crippen molar-refractivity contribution in [3.05, 3.63) is 0 Å². The second-order valence-electron chi connectivity index (χ2n) is 6.05. The lowest BCUT2D eigenvalue weighted by Gasteiger charge is -2.34. The Balaban J connectivity index is 1.77. The summed E-state index contributed by atoms with van der Waals surface area (Å²) in [7, 11) is 2.25. The molecule has 0 bridgehead atoms. The third-order valence-corrected chi connectivity index (χ3v) is 5.07. The Hall–Kier alpha value is 0.270. The molecule has 2 rings (SSSR count). The quantitative estimate of drug-likeness (QED) is 0.760. The van der Waals surface area contributed by atoms with Crippen LogP contribution in [0.25, 0.3) is 0 Å². The zero-order valence-corrected chi connectivity index (χ0v) is 12.1. The second-order valence-corrected chi connectivity index (χ2v) is 6.37. The molecule has 1 heterocycles. The molecule has 17 heavy (non-hydrogen) atoms. The standard InChI is InChI=1S/C14H27NOS/c1-15(10-13-6-2-5-9-16-13)11-14(12-17)7-3-4-8-14/h13,17H,2-12H2,1H3. The van der Waals surface area contributed by atoms with Crippen LogP contribution >= 0.6 is 12.6 Å². The normalized spacial score (nSPS) is 28.8.